The van der Waals surface area contributed by atoms with Crippen molar-refractivity contribution in [1.29, 1.82) is 0 Å². The summed E-state index contributed by atoms with van der Waals surface area (Å²) in [6, 6.07) is 20.3. The Labute approximate surface area is 179 Å². The summed E-state index contributed by atoms with van der Waals surface area (Å²) in [5.41, 5.74) is 1.76. The molecule has 0 aromatic heterocycles. The number of carbonyl (C=O) groups is 2. The van der Waals surface area contributed by atoms with E-state index < -0.39 is 0 Å². The third kappa shape index (κ3) is 3.69. The van der Waals surface area contributed by atoms with Gasteiger partial charge in [-0.2, -0.15) is 0 Å². The maximum absolute atomic E-state index is 13.5. The number of benzene rings is 2. The molecule has 0 radical (unpaired) electrons. The van der Waals surface area contributed by atoms with Crippen molar-refractivity contribution >= 4 is 17.6 Å². The lowest BCUT2D eigenvalue weighted by Crippen LogP contribution is -2.56. The van der Waals surface area contributed by atoms with Crippen molar-refractivity contribution in [3.8, 4) is 0 Å². The second kappa shape index (κ2) is 8.13. The largest absolute Gasteiger partial charge is 0.336 e. The van der Waals surface area contributed by atoms with Gasteiger partial charge in [0.05, 0.1) is 11.6 Å². The quantitative estimate of drug-likeness (QED) is 0.740. The monoisotopic (exact) mass is 405 g/mol. The molecule has 30 heavy (non-hydrogen) atoms. The van der Waals surface area contributed by atoms with Crippen LogP contribution < -0.4 is 4.90 Å². The molecule has 0 N–H and O–H groups in total. The van der Waals surface area contributed by atoms with Crippen molar-refractivity contribution in [2.24, 2.45) is 5.92 Å². The number of anilines is 1. The summed E-state index contributed by atoms with van der Waals surface area (Å²) in [5, 5.41) is 0. The van der Waals surface area contributed by atoms with E-state index >= 15 is 0 Å². The number of urea groups is 1. The van der Waals surface area contributed by atoms with Crippen molar-refractivity contribution in [1.82, 2.24) is 9.80 Å². The van der Waals surface area contributed by atoms with Gasteiger partial charge < -0.3 is 9.80 Å². The highest BCUT2D eigenvalue weighted by Gasteiger charge is 2.54. The van der Waals surface area contributed by atoms with Gasteiger partial charge in [0.25, 0.3) is 0 Å². The van der Waals surface area contributed by atoms with Gasteiger partial charge in [-0.1, -0.05) is 62.4 Å². The number of rotatable bonds is 4. The van der Waals surface area contributed by atoms with E-state index in [0.29, 0.717) is 19.0 Å². The van der Waals surface area contributed by atoms with Crippen molar-refractivity contribution in [2.45, 2.75) is 45.2 Å². The van der Waals surface area contributed by atoms with Crippen LogP contribution in [0, 0.1) is 5.92 Å². The van der Waals surface area contributed by atoms with Gasteiger partial charge in [-0.15, -0.1) is 0 Å². The Hall–Kier alpha value is -2.82. The van der Waals surface area contributed by atoms with Gasteiger partial charge in [0.2, 0.25) is 5.91 Å². The third-order valence-electron chi connectivity index (χ3n) is 6.38. The Morgan fingerprint density at radius 1 is 1.07 bits per heavy atom. The molecular weight excluding hydrogens is 374 g/mol. The Morgan fingerprint density at radius 3 is 2.30 bits per heavy atom. The fourth-order valence-electron chi connectivity index (χ4n) is 5.14. The van der Waals surface area contributed by atoms with Crippen LogP contribution in [-0.2, 0) is 4.79 Å². The number of para-hydroxylation sites is 1. The lowest BCUT2D eigenvalue weighted by atomic mass is 9.79. The normalized spacial score (nSPS) is 24.2. The summed E-state index contributed by atoms with van der Waals surface area (Å²) in [7, 11) is 0. The topological polar surface area (TPSA) is 43.9 Å². The summed E-state index contributed by atoms with van der Waals surface area (Å²) < 4.78 is 0. The van der Waals surface area contributed by atoms with Gasteiger partial charge in [-0.3, -0.25) is 9.69 Å². The van der Waals surface area contributed by atoms with Crippen molar-refractivity contribution < 1.29 is 9.59 Å². The second-order valence-corrected chi connectivity index (χ2v) is 9.05. The van der Waals surface area contributed by atoms with E-state index in [1.807, 2.05) is 63.2 Å². The molecule has 2 aromatic carbocycles. The van der Waals surface area contributed by atoms with Gasteiger partial charge in [0.1, 0.15) is 0 Å². The summed E-state index contributed by atoms with van der Waals surface area (Å²) in [6.45, 7) is 8.05. The van der Waals surface area contributed by atoms with Crippen LogP contribution in [0.3, 0.4) is 0 Å². The van der Waals surface area contributed by atoms with Gasteiger partial charge >= 0.3 is 6.03 Å². The van der Waals surface area contributed by atoms with Gasteiger partial charge in [-0.25, -0.2) is 4.79 Å². The van der Waals surface area contributed by atoms with Crippen LogP contribution in [0.15, 0.2) is 60.7 Å². The number of carbonyl (C=O) groups excluding carboxylic acids is 2. The minimum absolute atomic E-state index is 0.0320. The van der Waals surface area contributed by atoms with Gasteiger partial charge in [0.15, 0.2) is 0 Å². The highest BCUT2D eigenvalue weighted by molar-refractivity contribution is 5.96. The van der Waals surface area contributed by atoms with E-state index in [9.17, 15) is 9.59 Å². The molecule has 0 bridgehead atoms. The molecule has 2 saturated heterocycles. The van der Waals surface area contributed by atoms with Crippen molar-refractivity contribution in [3.05, 3.63) is 66.2 Å². The predicted molar refractivity (Wildman–Crippen MR) is 119 cm³/mol. The van der Waals surface area contributed by atoms with Crippen LogP contribution in [0.4, 0.5) is 10.5 Å². The van der Waals surface area contributed by atoms with Crippen molar-refractivity contribution in [3.63, 3.8) is 0 Å². The molecule has 0 unspecified atom stereocenters. The van der Waals surface area contributed by atoms with E-state index in [-0.39, 0.29) is 23.5 Å². The van der Waals surface area contributed by atoms with Crippen LogP contribution in [0.1, 0.15) is 45.2 Å². The average molecular weight is 406 g/mol. The minimum Gasteiger partial charge on any atom is -0.336 e. The molecule has 2 atom stereocenters. The van der Waals surface area contributed by atoms with Gasteiger partial charge in [0, 0.05) is 32.2 Å². The van der Waals surface area contributed by atoms with E-state index in [4.69, 9.17) is 0 Å². The highest BCUT2D eigenvalue weighted by atomic mass is 16.2. The Morgan fingerprint density at radius 2 is 1.70 bits per heavy atom. The molecule has 2 aromatic rings. The van der Waals surface area contributed by atoms with Gasteiger partial charge in [-0.05, 0) is 36.5 Å². The van der Waals surface area contributed by atoms with Crippen LogP contribution in [0.25, 0.3) is 0 Å². The summed E-state index contributed by atoms with van der Waals surface area (Å²) in [4.78, 5) is 32.0. The molecule has 0 saturated carbocycles. The smallest absolute Gasteiger partial charge is 0.325 e. The van der Waals surface area contributed by atoms with Crippen LogP contribution in [-0.4, -0.2) is 46.9 Å². The summed E-state index contributed by atoms with van der Waals surface area (Å²) >= 11 is 0. The fraction of sp³-hybridized carbons (Fsp3) is 0.440. The first-order valence-electron chi connectivity index (χ1n) is 10.9. The number of piperidine rings is 1. The maximum Gasteiger partial charge on any atom is 0.325 e. The Kier molecular flexibility index (Phi) is 5.54. The zero-order valence-electron chi connectivity index (χ0n) is 18.1. The zero-order chi connectivity index (χ0) is 21.3. The molecule has 2 aliphatic rings. The molecule has 5 nitrogen and oxygen atoms in total. The molecule has 158 valence electrons. The Bertz CT molecular complexity index is 899. The first-order valence-corrected chi connectivity index (χ1v) is 10.9. The number of hydrogen-bond donors (Lipinski definition) is 0. The molecule has 2 heterocycles. The van der Waals surface area contributed by atoms with Crippen LogP contribution in [0.2, 0.25) is 0 Å². The van der Waals surface area contributed by atoms with Crippen molar-refractivity contribution in [2.75, 3.05) is 24.5 Å². The molecule has 2 aliphatic heterocycles. The second-order valence-electron chi connectivity index (χ2n) is 9.05. The molecule has 2 fully saturated rings. The maximum atomic E-state index is 13.5. The number of amides is 3. The average Bonchev–Trinajstić information content (AvgIpc) is 2.99. The van der Waals surface area contributed by atoms with E-state index in [1.165, 1.54) is 0 Å². The number of nitrogens with zero attached hydrogens (tertiary/aromatic N) is 3. The molecular formula is C25H31N3O2. The lowest BCUT2D eigenvalue weighted by Gasteiger charge is -2.48. The lowest BCUT2D eigenvalue weighted by molar-refractivity contribution is -0.133. The number of hydrogen-bond acceptors (Lipinski definition) is 2. The van der Waals surface area contributed by atoms with Crippen LogP contribution in [0.5, 0.6) is 0 Å². The first kappa shape index (κ1) is 20.5. The van der Waals surface area contributed by atoms with Crippen LogP contribution >= 0.6 is 0 Å². The summed E-state index contributed by atoms with van der Waals surface area (Å²) in [5.74, 6) is 0.497. The molecule has 4 rings (SSSR count). The van der Waals surface area contributed by atoms with E-state index in [2.05, 4.69) is 26.0 Å². The molecule has 1 spiro atoms. The Balaban J connectivity index is 1.75. The zero-order valence-corrected chi connectivity index (χ0v) is 18.1. The highest BCUT2D eigenvalue weighted by Crippen LogP contribution is 2.45. The molecule has 5 heteroatoms. The number of likely N-dealkylation sites (tertiary alicyclic amines) is 1. The standard InChI is InChI=1S/C25H31N3O2/c1-19(2)17-26-18-25(28(24(26)30)22-12-8-5-9-13-22)14-15-27(20(3)29)23(16-25)21-10-6-4-7-11-21/h4-13,19,23H,14-18H2,1-3H3/t23-,25+/m1/s1. The molecule has 0 aliphatic carbocycles. The summed E-state index contributed by atoms with van der Waals surface area (Å²) in [6.07, 6.45) is 1.52. The SMILES string of the molecule is CC(=O)N1CC[C@]2(C[C@@H]1c1ccccc1)CN(CC(C)C)C(=O)N2c1ccccc1. The predicted octanol–water partition coefficient (Wildman–Crippen LogP) is 4.71. The van der Waals surface area contributed by atoms with E-state index in [1.54, 1.807) is 6.92 Å². The van der Waals surface area contributed by atoms with E-state index in [0.717, 1.165) is 30.6 Å². The minimum atomic E-state index is -0.320. The first-order chi connectivity index (χ1) is 14.4. The molecule has 3 amide bonds. The third-order valence-corrected chi connectivity index (χ3v) is 6.38. The fourth-order valence-corrected chi connectivity index (χ4v) is 5.14.